The Hall–Kier alpha value is -1.79. The van der Waals surface area contributed by atoms with Crippen molar-refractivity contribution in [3.05, 3.63) is 23.8 Å². The second-order valence-electron chi connectivity index (χ2n) is 6.57. The van der Waals surface area contributed by atoms with Gasteiger partial charge in [0.25, 0.3) is 0 Å². The highest BCUT2D eigenvalue weighted by Crippen LogP contribution is 2.31. The van der Waals surface area contributed by atoms with E-state index < -0.39 is 12.0 Å². The number of hydrogen-bond acceptors (Lipinski definition) is 5. The highest BCUT2D eigenvalue weighted by atomic mass is 16.5. The number of carbonyl (C=O) groups is 1. The summed E-state index contributed by atoms with van der Waals surface area (Å²) in [6.45, 7) is 5.37. The van der Waals surface area contributed by atoms with Gasteiger partial charge in [-0.3, -0.25) is 4.79 Å². The number of hydrogen-bond donors (Lipinski definition) is 2. The van der Waals surface area contributed by atoms with Crippen molar-refractivity contribution in [3.8, 4) is 11.5 Å². The molecule has 0 aliphatic heterocycles. The fourth-order valence-electron chi connectivity index (χ4n) is 2.67. The Morgan fingerprint density at radius 3 is 2.48 bits per heavy atom. The smallest absolute Gasteiger partial charge is 0.320 e. The molecule has 1 aromatic carbocycles. The predicted octanol–water partition coefficient (Wildman–Crippen LogP) is 2.73. The zero-order valence-electron chi connectivity index (χ0n) is 15.7. The molecule has 3 N–H and O–H groups in total. The lowest BCUT2D eigenvalue weighted by molar-refractivity contribution is -0.139. The third-order valence-electron chi connectivity index (χ3n) is 4.29. The summed E-state index contributed by atoms with van der Waals surface area (Å²) >= 11 is 0. The summed E-state index contributed by atoms with van der Waals surface area (Å²) in [5, 5.41) is 9.06. The summed E-state index contributed by atoms with van der Waals surface area (Å²) in [4.78, 5) is 11.0. The largest absolute Gasteiger partial charge is 0.493 e. The fraction of sp³-hybridized carbons (Fsp3) is 0.632. The van der Waals surface area contributed by atoms with Crippen LogP contribution in [0, 0.1) is 11.8 Å². The number of methoxy groups -OCH3 is 2. The van der Waals surface area contributed by atoms with Gasteiger partial charge in [0, 0.05) is 20.1 Å². The molecule has 6 nitrogen and oxygen atoms in total. The molecule has 0 amide bonds. The van der Waals surface area contributed by atoms with Gasteiger partial charge in [0.05, 0.1) is 13.7 Å². The van der Waals surface area contributed by atoms with Crippen molar-refractivity contribution in [2.24, 2.45) is 17.6 Å². The molecule has 0 radical (unpaired) electrons. The van der Waals surface area contributed by atoms with Crippen LogP contribution in [0.15, 0.2) is 18.2 Å². The van der Waals surface area contributed by atoms with Crippen LogP contribution in [0.3, 0.4) is 0 Å². The Kier molecular flexibility index (Phi) is 9.31. The minimum atomic E-state index is -0.956. The quantitative estimate of drug-likeness (QED) is 0.562. The Balaban J connectivity index is 2.82. The number of carboxylic acid groups (broad SMARTS) is 1. The molecule has 0 fully saturated rings. The van der Waals surface area contributed by atoms with E-state index in [2.05, 4.69) is 13.8 Å². The van der Waals surface area contributed by atoms with Crippen LogP contribution >= 0.6 is 0 Å². The molecule has 25 heavy (non-hydrogen) atoms. The van der Waals surface area contributed by atoms with Crippen LogP contribution in [-0.2, 0) is 16.0 Å². The summed E-state index contributed by atoms with van der Waals surface area (Å²) < 4.78 is 16.2. The predicted molar refractivity (Wildman–Crippen MR) is 97.2 cm³/mol. The maximum absolute atomic E-state index is 11.0. The zero-order chi connectivity index (χ0) is 18.8. The van der Waals surface area contributed by atoms with Gasteiger partial charge in [-0.15, -0.1) is 0 Å². The molecule has 0 saturated heterocycles. The Morgan fingerprint density at radius 1 is 1.20 bits per heavy atom. The van der Waals surface area contributed by atoms with Gasteiger partial charge in [-0.2, -0.15) is 0 Å². The molecule has 0 bridgehead atoms. The first-order chi connectivity index (χ1) is 11.9. The maximum atomic E-state index is 11.0. The lowest BCUT2D eigenvalue weighted by Crippen LogP contribution is -2.34. The van der Waals surface area contributed by atoms with E-state index >= 15 is 0 Å². The first kappa shape index (κ1) is 21.3. The van der Waals surface area contributed by atoms with Crippen molar-refractivity contribution in [2.75, 3.05) is 27.4 Å². The second kappa shape index (κ2) is 10.9. The van der Waals surface area contributed by atoms with Crippen molar-refractivity contribution in [2.45, 2.75) is 39.2 Å². The van der Waals surface area contributed by atoms with Crippen LogP contribution in [-0.4, -0.2) is 44.6 Å². The molecule has 0 saturated carbocycles. The van der Waals surface area contributed by atoms with Crippen molar-refractivity contribution >= 4 is 5.97 Å². The van der Waals surface area contributed by atoms with Crippen molar-refractivity contribution in [1.82, 2.24) is 0 Å². The molecule has 0 aromatic heterocycles. The average molecular weight is 353 g/mol. The standard InChI is InChI=1S/C19H31NO5/c1-13(2)15(12-16(20)19(21)22)10-14-6-7-17(24-4)18(11-14)25-9-5-8-23-3/h6-7,11,13,15-16H,5,8-10,12,20H2,1-4H3,(H,21,22). The summed E-state index contributed by atoms with van der Waals surface area (Å²) in [5.74, 6) is 0.938. The summed E-state index contributed by atoms with van der Waals surface area (Å²) in [6, 6.07) is 5.00. The van der Waals surface area contributed by atoms with Gasteiger partial charge in [0.15, 0.2) is 11.5 Å². The van der Waals surface area contributed by atoms with Crippen LogP contribution in [0.4, 0.5) is 0 Å². The summed E-state index contributed by atoms with van der Waals surface area (Å²) in [7, 11) is 3.27. The molecule has 0 aliphatic rings. The number of carboxylic acids is 1. The third kappa shape index (κ3) is 7.32. The Bertz CT molecular complexity index is 533. The van der Waals surface area contributed by atoms with Crippen LogP contribution in [0.5, 0.6) is 11.5 Å². The molecule has 1 aromatic rings. The summed E-state index contributed by atoms with van der Waals surface area (Å²) in [6.07, 6.45) is 1.99. The average Bonchev–Trinajstić information content (AvgIpc) is 2.58. The second-order valence-corrected chi connectivity index (χ2v) is 6.57. The van der Waals surface area contributed by atoms with Crippen molar-refractivity contribution in [3.63, 3.8) is 0 Å². The molecular formula is C19H31NO5. The highest BCUT2D eigenvalue weighted by Gasteiger charge is 2.22. The minimum absolute atomic E-state index is 0.181. The number of rotatable bonds is 12. The lowest BCUT2D eigenvalue weighted by Gasteiger charge is -2.23. The normalized spacial score (nSPS) is 13.5. The minimum Gasteiger partial charge on any atom is -0.493 e. The van der Waals surface area contributed by atoms with Crippen molar-refractivity contribution < 1.29 is 24.1 Å². The number of benzene rings is 1. The van der Waals surface area contributed by atoms with E-state index in [0.717, 1.165) is 18.4 Å². The van der Waals surface area contributed by atoms with Gasteiger partial charge in [0.2, 0.25) is 0 Å². The first-order valence-electron chi connectivity index (χ1n) is 8.66. The number of nitrogens with two attached hydrogens (primary N) is 1. The first-order valence-corrected chi connectivity index (χ1v) is 8.66. The molecule has 0 aliphatic carbocycles. The monoisotopic (exact) mass is 353 g/mol. The highest BCUT2D eigenvalue weighted by molar-refractivity contribution is 5.73. The van der Waals surface area contributed by atoms with E-state index in [9.17, 15) is 4.79 Å². The molecule has 2 atom stereocenters. The lowest BCUT2D eigenvalue weighted by atomic mass is 9.84. The van der Waals surface area contributed by atoms with Gasteiger partial charge in [-0.05, 0) is 42.4 Å². The van der Waals surface area contributed by atoms with E-state index in [0.29, 0.717) is 37.1 Å². The molecule has 142 valence electrons. The van der Waals surface area contributed by atoms with Crippen molar-refractivity contribution in [1.29, 1.82) is 0 Å². The molecule has 1 rings (SSSR count). The number of ether oxygens (including phenoxy) is 3. The maximum Gasteiger partial charge on any atom is 0.320 e. The van der Waals surface area contributed by atoms with Crippen LogP contribution in [0.1, 0.15) is 32.3 Å². The SMILES string of the molecule is COCCCOc1cc(CC(CC(N)C(=O)O)C(C)C)ccc1OC. The van der Waals surface area contributed by atoms with Gasteiger partial charge in [-0.1, -0.05) is 19.9 Å². The van der Waals surface area contributed by atoms with Gasteiger partial charge in [-0.25, -0.2) is 0 Å². The number of aliphatic carboxylic acids is 1. The Morgan fingerprint density at radius 2 is 1.92 bits per heavy atom. The molecule has 6 heteroatoms. The molecule has 2 unspecified atom stereocenters. The van der Waals surface area contributed by atoms with E-state index in [1.165, 1.54) is 0 Å². The van der Waals surface area contributed by atoms with Crippen LogP contribution in [0.2, 0.25) is 0 Å². The van der Waals surface area contributed by atoms with Gasteiger partial charge >= 0.3 is 5.97 Å². The fourth-order valence-corrected chi connectivity index (χ4v) is 2.67. The van der Waals surface area contributed by atoms with E-state index in [1.807, 2.05) is 18.2 Å². The molecule has 0 spiro atoms. The third-order valence-corrected chi connectivity index (χ3v) is 4.29. The van der Waals surface area contributed by atoms with Gasteiger partial charge < -0.3 is 25.1 Å². The molecular weight excluding hydrogens is 322 g/mol. The molecule has 0 heterocycles. The zero-order valence-corrected chi connectivity index (χ0v) is 15.7. The van der Waals surface area contributed by atoms with Gasteiger partial charge in [0.1, 0.15) is 6.04 Å². The van der Waals surface area contributed by atoms with Crippen LogP contribution < -0.4 is 15.2 Å². The topological polar surface area (TPSA) is 91.0 Å². The Labute approximate surface area is 150 Å². The van der Waals surface area contributed by atoms with E-state index in [1.54, 1.807) is 14.2 Å². The van der Waals surface area contributed by atoms with Crippen LogP contribution in [0.25, 0.3) is 0 Å². The summed E-state index contributed by atoms with van der Waals surface area (Å²) in [5.41, 5.74) is 6.80. The van der Waals surface area contributed by atoms with E-state index in [4.69, 9.17) is 25.1 Å². The van der Waals surface area contributed by atoms with E-state index in [-0.39, 0.29) is 5.92 Å².